The van der Waals surface area contributed by atoms with Crippen LogP contribution in [0.4, 0.5) is 0 Å². The lowest BCUT2D eigenvalue weighted by Crippen LogP contribution is -2.28. The molecule has 1 aliphatic carbocycles. The van der Waals surface area contributed by atoms with Crippen molar-refractivity contribution >= 4 is 0 Å². The molecule has 1 aliphatic heterocycles. The molecule has 3 rings (SSSR count). The zero-order valence-electron chi connectivity index (χ0n) is 11.3. The van der Waals surface area contributed by atoms with Crippen molar-refractivity contribution in [2.45, 2.75) is 56.8 Å². The zero-order chi connectivity index (χ0) is 13.3. The molecule has 1 aromatic heterocycles. The first-order valence-corrected chi connectivity index (χ1v) is 7.13. The molecule has 0 aromatic carbocycles. The number of hydrogen-bond donors (Lipinski definition) is 2. The van der Waals surface area contributed by atoms with Crippen molar-refractivity contribution in [1.29, 1.82) is 0 Å². The molecule has 1 unspecified atom stereocenters. The van der Waals surface area contributed by atoms with Gasteiger partial charge in [-0.3, -0.25) is 0 Å². The Morgan fingerprint density at radius 1 is 1.47 bits per heavy atom. The molecular formula is C13H21N3O3. The van der Waals surface area contributed by atoms with Crippen molar-refractivity contribution in [3.05, 3.63) is 11.7 Å². The molecule has 19 heavy (non-hydrogen) atoms. The van der Waals surface area contributed by atoms with Gasteiger partial charge >= 0.3 is 0 Å². The van der Waals surface area contributed by atoms with Crippen LogP contribution >= 0.6 is 0 Å². The molecule has 1 aromatic rings. The summed E-state index contributed by atoms with van der Waals surface area (Å²) in [5.74, 6) is 1.24. The maximum atomic E-state index is 9.54. The number of ether oxygens (including phenoxy) is 1. The van der Waals surface area contributed by atoms with Crippen molar-refractivity contribution < 1.29 is 14.4 Å². The number of aromatic nitrogens is 2. The van der Waals surface area contributed by atoms with Crippen LogP contribution in [0.5, 0.6) is 0 Å². The summed E-state index contributed by atoms with van der Waals surface area (Å²) < 4.78 is 11.3. The minimum Gasteiger partial charge on any atom is -0.392 e. The zero-order valence-corrected chi connectivity index (χ0v) is 11.3. The summed E-state index contributed by atoms with van der Waals surface area (Å²) in [4.78, 5) is 4.52. The van der Waals surface area contributed by atoms with Gasteiger partial charge in [0, 0.05) is 13.2 Å². The van der Waals surface area contributed by atoms with Crippen LogP contribution < -0.4 is 5.32 Å². The summed E-state index contributed by atoms with van der Waals surface area (Å²) in [7, 11) is 0. The van der Waals surface area contributed by atoms with E-state index >= 15 is 0 Å². The minimum absolute atomic E-state index is 0.0312. The van der Waals surface area contributed by atoms with Crippen molar-refractivity contribution in [3.8, 4) is 0 Å². The van der Waals surface area contributed by atoms with Gasteiger partial charge in [0.15, 0.2) is 0 Å². The first kappa shape index (κ1) is 13.0. The van der Waals surface area contributed by atoms with Gasteiger partial charge < -0.3 is 19.7 Å². The molecule has 0 spiro atoms. The third-order valence-electron chi connectivity index (χ3n) is 4.09. The Morgan fingerprint density at radius 3 is 2.89 bits per heavy atom. The normalized spacial score (nSPS) is 30.0. The highest BCUT2D eigenvalue weighted by Crippen LogP contribution is 2.41. The molecule has 2 N–H and O–H groups in total. The Morgan fingerprint density at radius 2 is 2.26 bits per heavy atom. The van der Waals surface area contributed by atoms with E-state index in [0.717, 1.165) is 25.7 Å². The molecule has 2 atom stereocenters. The topological polar surface area (TPSA) is 80.4 Å². The molecule has 1 saturated carbocycles. The maximum Gasteiger partial charge on any atom is 0.243 e. The molecular weight excluding hydrogens is 246 g/mol. The number of nitrogens with one attached hydrogen (secondary N) is 1. The number of hydrogen-bond acceptors (Lipinski definition) is 6. The largest absolute Gasteiger partial charge is 0.392 e. The average molecular weight is 267 g/mol. The molecule has 6 heteroatoms. The molecule has 2 fully saturated rings. The summed E-state index contributed by atoms with van der Waals surface area (Å²) in [6.07, 6.45) is 4.51. The molecule has 0 radical (unpaired) electrons. The third-order valence-corrected chi connectivity index (χ3v) is 4.09. The average Bonchev–Trinajstić information content (AvgIpc) is 3.07. The van der Waals surface area contributed by atoms with Crippen LogP contribution in [-0.2, 0) is 10.3 Å². The fraction of sp³-hybridized carbons (Fsp3) is 0.846. The molecule has 106 valence electrons. The first-order chi connectivity index (χ1) is 9.23. The molecule has 6 nitrogen and oxygen atoms in total. The molecule has 2 aliphatic rings. The van der Waals surface area contributed by atoms with Crippen LogP contribution in [0.25, 0.3) is 0 Å². The number of nitrogens with zero attached hydrogens (tertiary/aromatic N) is 2. The summed E-state index contributed by atoms with van der Waals surface area (Å²) in [6, 6.07) is -0.0312. The fourth-order valence-electron chi connectivity index (χ4n) is 3.12. The Bertz CT molecular complexity index is 429. The van der Waals surface area contributed by atoms with Gasteiger partial charge in [-0.05, 0) is 39.0 Å². The van der Waals surface area contributed by atoms with Crippen LogP contribution in [0.15, 0.2) is 4.52 Å². The lowest BCUT2D eigenvalue weighted by Gasteiger charge is -2.24. The van der Waals surface area contributed by atoms with Gasteiger partial charge in [0.25, 0.3) is 0 Å². The lowest BCUT2D eigenvalue weighted by atomic mass is 10.0. The van der Waals surface area contributed by atoms with Crippen LogP contribution in [0.1, 0.15) is 56.8 Å². The predicted octanol–water partition coefficient (Wildman–Crippen LogP) is 1.27. The second-order valence-corrected chi connectivity index (χ2v) is 5.44. The van der Waals surface area contributed by atoms with Gasteiger partial charge in [-0.1, -0.05) is 5.16 Å². The Hall–Kier alpha value is -0.980. The van der Waals surface area contributed by atoms with Gasteiger partial charge in [-0.2, -0.15) is 4.98 Å². The summed E-state index contributed by atoms with van der Waals surface area (Å²) >= 11 is 0. The van der Waals surface area contributed by atoms with E-state index in [4.69, 9.17) is 9.26 Å². The van der Waals surface area contributed by atoms with Crippen molar-refractivity contribution in [3.63, 3.8) is 0 Å². The highest BCUT2D eigenvalue weighted by molar-refractivity contribution is 5.07. The van der Waals surface area contributed by atoms with Crippen LogP contribution in [0, 0.1) is 0 Å². The monoisotopic (exact) mass is 267 g/mol. The van der Waals surface area contributed by atoms with Gasteiger partial charge in [-0.25, -0.2) is 0 Å². The van der Waals surface area contributed by atoms with Crippen LogP contribution in [0.3, 0.4) is 0 Å². The van der Waals surface area contributed by atoms with E-state index < -0.39 is 0 Å². The number of rotatable bonds is 4. The van der Waals surface area contributed by atoms with Gasteiger partial charge in [0.05, 0.1) is 12.1 Å². The van der Waals surface area contributed by atoms with Crippen LogP contribution in [-0.4, -0.2) is 34.5 Å². The molecule has 0 bridgehead atoms. The quantitative estimate of drug-likeness (QED) is 0.855. The van der Waals surface area contributed by atoms with E-state index in [2.05, 4.69) is 15.5 Å². The lowest BCUT2D eigenvalue weighted by molar-refractivity contribution is -0.0469. The predicted molar refractivity (Wildman–Crippen MR) is 67.4 cm³/mol. The second kappa shape index (κ2) is 5.19. The van der Waals surface area contributed by atoms with Crippen molar-refractivity contribution in [2.75, 3.05) is 13.2 Å². The van der Waals surface area contributed by atoms with E-state index in [1.54, 1.807) is 0 Å². The van der Waals surface area contributed by atoms with Crippen molar-refractivity contribution in [1.82, 2.24) is 15.5 Å². The third kappa shape index (κ3) is 2.40. The maximum absolute atomic E-state index is 9.54. The molecule has 0 amide bonds. The second-order valence-electron chi connectivity index (χ2n) is 5.44. The minimum atomic E-state index is -0.353. The van der Waals surface area contributed by atoms with Gasteiger partial charge in [0.2, 0.25) is 11.7 Å². The van der Waals surface area contributed by atoms with E-state index in [1.807, 2.05) is 6.92 Å². The SMILES string of the molecule is CCOC1(c2noc([C@@H]3CC(O)CN3)n2)CCCC1. The number of aliphatic hydroxyl groups is 1. The van der Waals surface area contributed by atoms with E-state index in [9.17, 15) is 5.11 Å². The van der Waals surface area contributed by atoms with E-state index in [-0.39, 0.29) is 17.7 Å². The smallest absolute Gasteiger partial charge is 0.243 e. The fourth-order valence-corrected chi connectivity index (χ4v) is 3.12. The van der Waals surface area contributed by atoms with Gasteiger partial charge in [0.1, 0.15) is 5.60 Å². The molecule has 2 heterocycles. The highest BCUT2D eigenvalue weighted by Gasteiger charge is 2.41. The highest BCUT2D eigenvalue weighted by atomic mass is 16.5. The summed E-state index contributed by atoms with van der Waals surface area (Å²) in [6.45, 7) is 3.24. The van der Waals surface area contributed by atoms with Crippen LogP contribution in [0.2, 0.25) is 0 Å². The van der Waals surface area contributed by atoms with Crippen molar-refractivity contribution in [2.24, 2.45) is 0 Å². The van der Waals surface area contributed by atoms with E-state index in [0.29, 0.717) is 31.3 Å². The Balaban J connectivity index is 1.79. The van der Waals surface area contributed by atoms with Gasteiger partial charge in [-0.15, -0.1) is 0 Å². The summed E-state index contributed by atoms with van der Waals surface area (Å²) in [5.41, 5.74) is -0.353. The summed E-state index contributed by atoms with van der Waals surface area (Å²) in [5, 5.41) is 16.8. The Kier molecular flexibility index (Phi) is 3.56. The number of aliphatic hydroxyl groups excluding tert-OH is 1. The standard InChI is InChI=1S/C13H21N3O3/c1-2-18-13(5-3-4-6-13)12-15-11(19-16-12)10-7-9(17)8-14-10/h9-10,14,17H,2-8H2,1H3/t9?,10-/m0/s1. The number of β-amino-alcohol motifs (C(OH)–C–C–N with tert-alkyl or cyclic N) is 1. The Labute approximate surface area is 112 Å². The van der Waals surface area contributed by atoms with E-state index in [1.165, 1.54) is 0 Å². The molecule has 1 saturated heterocycles. The first-order valence-electron chi connectivity index (χ1n) is 7.13.